The minimum atomic E-state index is -2.19. The molecule has 2 amide bonds. The number of nitrogens with zero attached hydrogens (tertiary/aromatic N) is 1. The molecule has 0 bridgehead atoms. The molecule has 1 aromatic rings. The number of fused-ring (bicyclic) bond motifs is 2. The van der Waals surface area contributed by atoms with Crippen molar-refractivity contribution >= 4 is 45.6 Å². The molecule has 2 aliphatic heterocycles. The summed E-state index contributed by atoms with van der Waals surface area (Å²) in [5.41, 5.74) is 3.29. The van der Waals surface area contributed by atoms with Gasteiger partial charge in [0.25, 0.3) is 5.91 Å². The van der Waals surface area contributed by atoms with Crippen LogP contribution < -0.4 is 10.6 Å². The van der Waals surface area contributed by atoms with Crippen molar-refractivity contribution in [3.05, 3.63) is 63.7 Å². The molecule has 1 aromatic carbocycles. The van der Waals surface area contributed by atoms with Gasteiger partial charge in [0.2, 0.25) is 5.88 Å². The molecule has 0 aliphatic carbocycles. The normalized spacial score (nSPS) is 19.3. The van der Waals surface area contributed by atoms with Crippen molar-refractivity contribution in [3.8, 4) is 0 Å². The van der Waals surface area contributed by atoms with Gasteiger partial charge in [0.1, 0.15) is 28.9 Å². The monoisotopic (exact) mass is 520 g/mol. The van der Waals surface area contributed by atoms with Gasteiger partial charge in [-0.2, -0.15) is 0 Å². The average molecular weight is 521 g/mol. The molecule has 2 aliphatic rings. The molecular weight excluding hydrogens is 500 g/mol. The van der Waals surface area contributed by atoms with Crippen LogP contribution in [0.2, 0.25) is 0 Å². The predicted molar refractivity (Wildman–Crippen MR) is 118 cm³/mol. The Morgan fingerprint density at radius 2 is 1.94 bits per heavy atom. The lowest BCUT2D eigenvalue weighted by Gasteiger charge is -2.35. The van der Waals surface area contributed by atoms with Crippen molar-refractivity contribution in [2.24, 2.45) is 5.73 Å². The molecule has 1 atom stereocenters. The summed E-state index contributed by atoms with van der Waals surface area (Å²) in [6.45, 7) is 6.27. The minimum Gasteiger partial charge on any atom is -0.465 e. The lowest BCUT2D eigenvalue weighted by Crippen LogP contribution is -2.52. The third-order valence-electron chi connectivity index (χ3n) is 5.12. The van der Waals surface area contributed by atoms with Gasteiger partial charge in [0, 0.05) is 10.0 Å². The number of halogens is 1. The van der Waals surface area contributed by atoms with E-state index in [9.17, 15) is 19.2 Å². The van der Waals surface area contributed by atoms with Crippen molar-refractivity contribution in [3.63, 3.8) is 0 Å². The van der Waals surface area contributed by atoms with Crippen LogP contribution in [0, 0.1) is 0 Å². The molecule has 3 rings (SSSR count). The zero-order chi connectivity index (χ0) is 24.5. The Balaban J connectivity index is 2.45. The number of hydrogen-bond donors (Lipinski definition) is 1. The van der Waals surface area contributed by atoms with E-state index in [1.807, 2.05) is 0 Å². The van der Waals surface area contributed by atoms with Gasteiger partial charge in [0.15, 0.2) is 0 Å². The number of rotatable bonds is 5. The predicted octanol–water partition coefficient (Wildman–Crippen LogP) is 2.57. The Bertz CT molecular complexity index is 1140. The molecule has 0 saturated carbocycles. The van der Waals surface area contributed by atoms with Gasteiger partial charge >= 0.3 is 18.0 Å². The maximum atomic E-state index is 14.1. The Morgan fingerprint density at radius 3 is 2.55 bits per heavy atom. The number of carbonyl (C=O) groups is 4. The number of allylic oxidation sites excluding steroid dienone is 1. The van der Waals surface area contributed by atoms with Crippen LogP contribution in [-0.2, 0) is 38.7 Å². The zero-order valence-corrected chi connectivity index (χ0v) is 19.7. The molecule has 174 valence electrons. The number of methoxy groups -OCH3 is 1. The fourth-order valence-corrected chi connectivity index (χ4v) is 4.31. The largest absolute Gasteiger partial charge is 0.465 e. The lowest BCUT2D eigenvalue weighted by molar-refractivity contribution is -0.142. The quantitative estimate of drug-likeness (QED) is 0.353. The van der Waals surface area contributed by atoms with E-state index in [1.54, 1.807) is 13.0 Å². The maximum absolute atomic E-state index is 14.1. The van der Waals surface area contributed by atoms with Crippen LogP contribution in [-0.4, -0.2) is 44.3 Å². The summed E-state index contributed by atoms with van der Waals surface area (Å²) in [5, 5.41) is 0. The van der Waals surface area contributed by atoms with Crippen LogP contribution in [0.1, 0.15) is 19.4 Å². The van der Waals surface area contributed by atoms with Crippen molar-refractivity contribution in [2.75, 3.05) is 25.2 Å². The molecule has 0 saturated heterocycles. The third-order valence-corrected chi connectivity index (χ3v) is 5.61. The summed E-state index contributed by atoms with van der Waals surface area (Å²) in [6.07, 6.45) is 0.343. The fourth-order valence-electron chi connectivity index (χ4n) is 3.95. The Morgan fingerprint density at radius 1 is 1.24 bits per heavy atom. The summed E-state index contributed by atoms with van der Waals surface area (Å²) in [4.78, 5) is 53.8. The molecular formula is C22H21BrN2O8. The van der Waals surface area contributed by atoms with Crippen LogP contribution in [0.5, 0.6) is 0 Å². The van der Waals surface area contributed by atoms with Gasteiger partial charge in [-0.3, -0.25) is 4.79 Å². The first-order valence-electron chi connectivity index (χ1n) is 9.73. The van der Waals surface area contributed by atoms with Crippen LogP contribution in [0.3, 0.4) is 0 Å². The van der Waals surface area contributed by atoms with Crippen LogP contribution in [0.25, 0.3) is 0 Å². The van der Waals surface area contributed by atoms with E-state index < -0.39 is 40.8 Å². The SMILES string of the molecule is C=CCOC(=O)C1=C(C)OC(N)=C(C(=O)OC)C12C(=O)N(C(=O)OCC)c1ccc(Br)cc12. The van der Waals surface area contributed by atoms with Gasteiger partial charge in [-0.25, -0.2) is 19.3 Å². The highest BCUT2D eigenvalue weighted by molar-refractivity contribution is 9.10. The molecule has 2 N–H and O–H groups in total. The smallest absolute Gasteiger partial charge is 0.421 e. The molecule has 0 fully saturated rings. The van der Waals surface area contributed by atoms with Crippen LogP contribution in [0.15, 0.2) is 58.1 Å². The molecule has 1 unspecified atom stereocenters. The average Bonchev–Trinajstić information content (AvgIpc) is 3.00. The van der Waals surface area contributed by atoms with Crippen LogP contribution in [0.4, 0.5) is 10.5 Å². The highest BCUT2D eigenvalue weighted by atomic mass is 79.9. The first-order valence-corrected chi connectivity index (χ1v) is 10.5. The zero-order valence-electron chi connectivity index (χ0n) is 18.1. The summed E-state index contributed by atoms with van der Waals surface area (Å²) in [5.74, 6) is -3.50. The second-order valence-corrected chi connectivity index (χ2v) is 7.82. The summed E-state index contributed by atoms with van der Waals surface area (Å²) in [6, 6.07) is 4.57. The number of anilines is 1. The lowest BCUT2D eigenvalue weighted by atomic mass is 9.67. The van der Waals surface area contributed by atoms with Gasteiger partial charge in [-0.1, -0.05) is 28.6 Å². The second kappa shape index (κ2) is 9.10. The minimum absolute atomic E-state index is 0.0183. The van der Waals surface area contributed by atoms with E-state index in [0.29, 0.717) is 4.47 Å². The van der Waals surface area contributed by atoms with Crippen molar-refractivity contribution in [2.45, 2.75) is 19.3 Å². The van der Waals surface area contributed by atoms with Crippen molar-refractivity contribution in [1.82, 2.24) is 0 Å². The summed E-state index contributed by atoms with van der Waals surface area (Å²) < 4.78 is 21.1. The van der Waals surface area contributed by atoms with Crippen molar-refractivity contribution in [1.29, 1.82) is 0 Å². The van der Waals surface area contributed by atoms with E-state index in [4.69, 9.17) is 24.7 Å². The highest BCUT2D eigenvalue weighted by Crippen LogP contribution is 2.55. The van der Waals surface area contributed by atoms with Crippen LogP contribution >= 0.6 is 15.9 Å². The molecule has 1 spiro atoms. The number of amides is 2. The number of carbonyl (C=O) groups excluding carboxylic acids is 4. The first-order chi connectivity index (χ1) is 15.7. The van der Waals surface area contributed by atoms with E-state index in [2.05, 4.69) is 22.5 Å². The Labute approximate surface area is 197 Å². The topological polar surface area (TPSA) is 134 Å². The standard InChI is InChI=1S/C22H21BrN2O8/c1-5-9-32-19(27)15-11(3)33-17(24)16(18(26)30-4)22(15)13-10-12(23)7-8-14(13)25(20(22)28)21(29)31-6-2/h5,7-8,10H,1,6,9,24H2,2-4H3. The first kappa shape index (κ1) is 24.1. The van der Waals surface area contributed by atoms with Crippen molar-refractivity contribution < 1.29 is 38.1 Å². The number of ether oxygens (including phenoxy) is 4. The Hall–Kier alpha value is -3.60. The van der Waals surface area contributed by atoms with E-state index >= 15 is 0 Å². The number of nitrogens with two attached hydrogens (primary N) is 1. The van der Waals surface area contributed by atoms with Gasteiger partial charge in [-0.15, -0.1) is 0 Å². The maximum Gasteiger partial charge on any atom is 0.421 e. The summed E-state index contributed by atoms with van der Waals surface area (Å²) >= 11 is 3.34. The fraction of sp³-hybridized carbons (Fsp3) is 0.273. The number of esters is 2. The molecule has 2 heterocycles. The highest BCUT2D eigenvalue weighted by Gasteiger charge is 2.65. The van der Waals surface area contributed by atoms with E-state index in [0.717, 1.165) is 12.0 Å². The molecule has 0 radical (unpaired) electrons. The van der Waals surface area contributed by atoms with Gasteiger partial charge in [0.05, 0.1) is 19.4 Å². The third kappa shape index (κ3) is 3.58. The number of hydrogen-bond acceptors (Lipinski definition) is 9. The number of benzene rings is 1. The van der Waals surface area contributed by atoms with E-state index in [1.165, 1.54) is 25.1 Å². The second-order valence-electron chi connectivity index (χ2n) is 6.90. The molecule has 33 heavy (non-hydrogen) atoms. The molecule has 0 aromatic heterocycles. The molecule has 11 heteroatoms. The molecule has 10 nitrogen and oxygen atoms in total. The Kier molecular flexibility index (Phi) is 6.63. The van der Waals surface area contributed by atoms with Gasteiger partial charge in [-0.05, 0) is 32.0 Å². The van der Waals surface area contributed by atoms with E-state index in [-0.39, 0.29) is 35.8 Å². The van der Waals surface area contributed by atoms with Gasteiger partial charge < -0.3 is 24.7 Å². The number of imide groups is 1. The summed E-state index contributed by atoms with van der Waals surface area (Å²) in [7, 11) is 1.08.